The predicted octanol–water partition coefficient (Wildman–Crippen LogP) is 2.38. The van der Waals surface area contributed by atoms with Crippen molar-refractivity contribution in [3.8, 4) is 0 Å². The number of nitro groups is 1. The molecule has 0 amide bonds. The number of hydrogen-bond donors (Lipinski definition) is 1. The molecule has 0 saturated carbocycles. The Labute approximate surface area is 98.0 Å². The lowest BCUT2D eigenvalue weighted by molar-refractivity contribution is -0.384. The van der Waals surface area contributed by atoms with Crippen molar-refractivity contribution in [1.82, 2.24) is 9.78 Å². The summed E-state index contributed by atoms with van der Waals surface area (Å²) >= 11 is 0. The molecular weight excluding hydrogens is 220 g/mol. The molecule has 1 heterocycles. The van der Waals surface area contributed by atoms with Gasteiger partial charge < -0.3 is 5.32 Å². The van der Waals surface area contributed by atoms with Crippen molar-refractivity contribution in [1.29, 1.82) is 0 Å². The molecule has 1 N–H and O–H groups in total. The summed E-state index contributed by atoms with van der Waals surface area (Å²) in [5.41, 5.74) is 1.62. The van der Waals surface area contributed by atoms with E-state index in [0.29, 0.717) is 5.69 Å². The van der Waals surface area contributed by atoms with E-state index in [4.69, 9.17) is 0 Å². The lowest BCUT2D eigenvalue weighted by Gasteiger charge is -2.05. The molecule has 88 valence electrons. The van der Waals surface area contributed by atoms with Crippen LogP contribution < -0.4 is 5.32 Å². The van der Waals surface area contributed by atoms with Gasteiger partial charge in [-0.25, -0.2) is 0 Å². The summed E-state index contributed by atoms with van der Waals surface area (Å²) in [4.78, 5) is 10.2. The van der Waals surface area contributed by atoms with Gasteiger partial charge in [-0.15, -0.1) is 0 Å². The minimum atomic E-state index is -0.417. The summed E-state index contributed by atoms with van der Waals surface area (Å²) in [5, 5.41) is 17.9. The van der Waals surface area contributed by atoms with E-state index in [-0.39, 0.29) is 5.69 Å². The number of aromatic nitrogens is 2. The number of nitrogens with one attached hydrogen (secondary N) is 1. The molecule has 17 heavy (non-hydrogen) atoms. The van der Waals surface area contributed by atoms with Crippen molar-refractivity contribution in [3.63, 3.8) is 0 Å². The van der Waals surface area contributed by atoms with Crippen LogP contribution in [0.5, 0.6) is 0 Å². The zero-order valence-electron chi connectivity index (χ0n) is 9.54. The van der Waals surface area contributed by atoms with Crippen molar-refractivity contribution >= 4 is 17.2 Å². The molecule has 0 bridgehead atoms. The Morgan fingerprint density at radius 1 is 1.41 bits per heavy atom. The summed E-state index contributed by atoms with van der Waals surface area (Å²) in [6, 6.07) is 8.24. The topological polar surface area (TPSA) is 73.0 Å². The van der Waals surface area contributed by atoms with Crippen molar-refractivity contribution in [2.45, 2.75) is 6.92 Å². The van der Waals surface area contributed by atoms with Crippen LogP contribution >= 0.6 is 0 Å². The van der Waals surface area contributed by atoms with E-state index in [1.807, 2.05) is 20.0 Å². The zero-order chi connectivity index (χ0) is 12.4. The number of nitro benzene ring substituents is 1. The van der Waals surface area contributed by atoms with E-state index in [1.54, 1.807) is 16.8 Å². The first-order valence-corrected chi connectivity index (χ1v) is 5.08. The fourth-order valence-electron chi connectivity index (χ4n) is 1.57. The Hall–Kier alpha value is -2.37. The summed E-state index contributed by atoms with van der Waals surface area (Å²) in [5.74, 6) is 0.794. The number of rotatable bonds is 3. The Morgan fingerprint density at radius 2 is 2.18 bits per heavy atom. The molecule has 1 aromatic heterocycles. The molecule has 0 radical (unpaired) electrons. The fraction of sp³-hybridized carbons (Fsp3) is 0.182. The highest BCUT2D eigenvalue weighted by Gasteiger charge is 2.07. The molecule has 0 unspecified atom stereocenters. The maximum Gasteiger partial charge on any atom is 0.271 e. The van der Waals surface area contributed by atoms with Crippen LogP contribution in [0.15, 0.2) is 30.3 Å². The van der Waals surface area contributed by atoms with Crippen LogP contribution in [0, 0.1) is 17.0 Å². The molecule has 2 aromatic rings. The van der Waals surface area contributed by atoms with Crippen LogP contribution in [-0.4, -0.2) is 14.7 Å². The molecule has 0 saturated heterocycles. The van der Waals surface area contributed by atoms with Crippen LogP contribution in [0.1, 0.15) is 5.69 Å². The maximum atomic E-state index is 10.6. The van der Waals surface area contributed by atoms with Gasteiger partial charge in [0.25, 0.3) is 5.69 Å². The highest BCUT2D eigenvalue weighted by atomic mass is 16.6. The molecule has 6 nitrogen and oxygen atoms in total. The largest absolute Gasteiger partial charge is 0.340 e. The first-order valence-electron chi connectivity index (χ1n) is 5.08. The summed E-state index contributed by atoms with van der Waals surface area (Å²) < 4.78 is 1.69. The van der Waals surface area contributed by atoms with Gasteiger partial charge in [-0.05, 0) is 13.0 Å². The molecule has 0 spiro atoms. The lowest BCUT2D eigenvalue weighted by atomic mass is 10.3. The van der Waals surface area contributed by atoms with Gasteiger partial charge in [0, 0.05) is 30.9 Å². The third kappa shape index (κ3) is 2.41. The van der Waals surface area contributed by atoms with E-state index >= 15 is 0 Å². The first kappa shape index (κ1) is 11.1. The van der Waals surface area contributed by atoms with E-state index in [0.717, 1.165) is 11.5 Å². The Kier molecular flexibility index (Phi) is 2.78. The molecule has 0 fully saturated rings. The highest BCUT2D eigenvalue weighted by Crippen LogP contribution is 2.21. The summed E-state index contributed by atoms with van der Waals surface area (Å²) in [6.45, 7) is 1.89. The highest BCUT2D eigenvalue weighted by molar-refractivity contribution is 5.60. The average Bonchev–Trinajstić information content (AvgIpc) is 2.58. The Bertz CT molecular complexity index is 562. The third-order valence-electron chi connectivity index (χ3n) is 2.33. The van der Waals surface area contributed by atoms with Gasteiger partial charge in [-0.1, -0.05) is 6.07 Å². The summed E-state index contributed by atoms with van der Waals surface area (Å²) in [6.07, 6.45) is 0. The predicted molar refractivity (Wildman–Crippen MR) is 64.3 cm³/mol. The number of non-ortho nitro benzene ring substituents is 1. The smallest absolute Gasteiger partial charge is 0.271 e. The number of nitrogens with zero attached hydrogens (tertiary/aromatic N) is 3. The fourth-order valence-corrected chi connectivity index (χ4v) is 1.57. The van der Waals surface area contributed by atoms with E-state index in [9.17, 15) is 10.1 Å². The van der Waals surface area contributed by atoms with Crippen LogP contribution in [0.25, 0.3) is 0 Å². The normalized spacial score (nSPS) is 10.2. The van der Waals surface area contributed by atoms with Crippen LogP contribution in [0.4, 0.5) is 17.2 Å². The molecule has 2 rings (SSSR count). The van der Waals surface area contributed by atoms with Gasteiger partial charge in [-0.2, -0.15) is 5.10 Å². The number of aryl methyl sites for hydroxylation is 2. The van der Waals surface area contributed by atoms with E-state index in [1.165, 1.54) is 12.1 Å². The number of benzene rings is 1. The minimum Gasteiger partial charge on any atom is -0.340 e. The SMILES string of the molecule is Cc1cc(Nc2cccc([N+](=O)[O-])c2)n(C)n1. The molecular formula is C11H12N4O2. The number of anilines is 2. The maximum absolute atomic E-state index is 10.6. The Morgan fingerprint density at radius 3 is 2.76 bits per heavy atom. The van der Waals surface area contributed by atoms with E-state index < -0.39 is 4.92 Å². The molecule has 0 atom stereocenters. The van der Waals surface area contributed by atoms with E-state index in [2.05, 4.69) is 10.4 Å². The van der Waals surface area contributed by atoms with Gasteiger partial charge in [0.05, 0.1) is 10.6 Å². The molecule has 0 aliphatic rings. The van der Waals surface area contributed by atoms with Crippen molar-refractivity contribution in [3.05, 3.63) is 46.1 Å². The first-order chi connectivity index (χ1) is 8.06. The molecule has 6 heteroatoms. The van der Waals surface area contributed by atoms with Gasteiger partial charge >= 0.3 is 0 Å². The molecule has 0 aliphatic carbocycles. The standard InChI is InChI=1S/C11H12N4O2/c1-8-6-11(14(2)13-8)12-9-4-3-5-10(7-9)15(16)17/h3-7,12H,1-2H3. The minimum absolute atomic E-state index is 0.0638. The lowest BCUT2D eigenvalue weighted by Crippen LogP contribution is -1.99. The van der Waals surface area contributed by atoms with Crippen LogP contribution in [0.2, 0.25) is 0 Å². The molecule has 1 aromatic carbocycles. The quantitative estimate of drug-likeness (QED) is 0.651. The van der Waals surface area contributed by atoms with Gasteiger partial charge in [0.15, 0.2) is 0 Å². The van der Waals surface area contributed by atoms with Crippen molar-refractivity contribution in [2.75, 3.05) is 5.32 Å². The second-order valence-electron chi connectivity index (χ2n) is 3.73. The second kappa shape index (κ2) is 4.25. The van der Waals surface area contributed by atoms with Crippen molar-refractivity contribution in [2.24, 2.45) is 7.05 Å². The summed E-state index contributed by atoms with van der Waals surface area (Å²) in [7, 11) is 1.81. The third-order valence-corrected chi connectivity index (χ3v) is 2.33. The Balaban J connectivity index is 2.27. The van der Waals surface area contributed by atoms with Crippen molar-refractivity contribution < 1.29 is 4.92 Å². The zero-order valence-corrected chi connectivity index (χ0v) is 9.54. The van der Waals surface area contributed by atoms with Gasteiger partial charge in [-0.3, -0.25) is 14.8 Å². The second-order valence-corrected chi connectivity index (χ2v) is 3.73. The van der Waals surface area contributed by atoms with Gasteiger partial charge in [0.2, 0.25) is 0 Å². The van der Waals surface area contributed by atoms with Gasteiger partial charge in [0.1, 0.15) is 5.82 Å². The van der Waals surface area contributed by atoms with Crippen LogP contribution in [0.3, 0.4) is 0 Å². The average molecular weight is 232 g/mol. The van der Waals surface area contributed by atoms with Crippen LogP contribution in [-0.2, 0) is 7.05 Å². The monoisotopic (exact) mass is 232 g/mol. The number of hydrogen-bond acceptors (Lipinski definition) is 4. The molecule has 0 aliphatic heterocycles.